The number of benzene rings is 2. The van der Waals surface area contributed by atoms with Gasteiger partial charge in [0, 0.05) is 38.4 Å². The van der Waals surface area contributed by atoms with E-state index in [1.807, 2.05) is 73.3 Å². The van der Waals surface area contributed by atoms with Crippen molar-refractivity contribution in [1.82, 2.24) is 20.0 Å². The SMILES string of the molecule is CCC(Oc1ccccc1-n1cc2cnnc(N(C)C)c2n1)c1cccc(NC)c1. The standard InChI is InChI=1S/C23H26N6O/c1-5-20(16-9-8-10-18(13-16)24-2)30-21-12-7-6-11-19(21)29-15-17-14-25-26-23(28(3)4)22(17)27-29/h6-15,20,24H,5H2,1-4H3. The van der Waals surface area contributed by atoms with Crippen LogP contribution < -0.4 is 15.0 Å². The first-order chi connectivity index (χ1) is 14.6. The molecule has 1 N–H and O–H groups in total. The van der Waals surface area contributed by atoms with Crippen molar-refractivity contribution in [3.63, 3.8) is 0 Å². The molecule has 4 aromatic rings. The fourth-order valence-corrected chi connectivity index (χ4v) is 3.45. The third-order valence-electron chi connectivity index (χ3n) is 5.03. The van der Waals surface area contributed by atoms with Crippen LogP contribution in [0, 0.1) is 0 Å². The summed E-state index contributed by atoms with van der Waals surface area (Å²) in [4.78, 5) is 1.91. The summed E-state index contributed by atoms with van der Waals surface area (Å²) in [5, 5.41) is 17.2. The highest BCUT2D eigenvalue weighted by molar-refractivity contribution is 5.87. The number of hydrogen-bond donors (Lipinski definition) is 1. The molecule has 0 fully saturated rings. The Morgan fingerprint density at radius 1 is 1.13 bits per heavy atom. The molecule has 0 spiro atoms. The molecule has 1 unspecified atom stereocenters. The van der Waals surface area contributed by atoms with Gasteiger partial charge in [-0.3, -0.25) is 0 Å². The number of nitrogens with zero attached hydrogens (tertiary/aromatic N) is 5. The minimum atomic E-state index is -0.0647. The molecule has 30 heavy (non-hydrogen) atoms. The minimum absolute atomic E-state index is 0.0647. The summed E-state index contributed by atoms with van der Waals surface area (Å²) in [6.07, 6.45) is 4.47. The monoisotopic (exact) mass is 402 g/mol. The normalized spacial score (nSPS) is 12.0. The second kappa shape index (κ2) is 8.41. The van der Waals surface area contributed by atoms with E-state index in [1.54, 1.807) is 6.20 Å². The van der Waals surface area contributed by atoms with E-state index in [2.05, 4.69) is 34.6 Å². The molecule has 0 bridgehead atoms. The number of aromatic nitrogens is 4. The molecule has 2 aromatic heterocycles. The molecular weight excluding hydrogens is 376 g/mol. The third kappa shape index (κ3) is 3.78. The highest BCUT2D eigenvalue weighted by Crippen LogP contribution is 2.31. The lowest BCUT2D eigenvalue weighted by Crippen LogP contribution is -2.12. The first kappa shape index (κ1) is 19.7. The van der Waals surface area contributed by atoms with E-state index >= 15 is 0 Å². The molecule has 0 aliphatic carbocycles. The van der Waals surface area contributed by atoms with Crippen LogP contribution in [0.4, 0.5) is 11.5 Å². The lowest BCUT2D eigenvalue weighted by molar-refractivity contribution is 0.200. The Hall–Kier alpha value is -3.61. The van der Waals surface area contributed by atoms with Crippen LogP contribution in [0.5, 0.6) is 5.75 Å². The highest BCUT2D eigenvalue weighted by atomic mass is 16.5. The fraction of sp³-hybridized carbons (Fsp3) is 0.261. The summed E-state index contributed by atoms with van der Waals surface area (Å²) in [6, 6.07) is 16.3. The first-order valence-electron chi connectivity index (χ1n) is 10.0. The van der Waals surface area contributed by atoms with Crippen molar-refractivity contribution in [3.8, 4) is 11.4 Å². The number of nitrogens with one attached hydrogen (secondary N) is 1. The van der Waals surface area contributed by atoms with E-state index in [1.165, 1.54) is 0 Å². The van der Waals surface area contributed by atoms with Gasteiger partial charge in [-0.2, -0.15) is 10.2 Å². The molecule has 0 aliphatic heterocycles. The maximum atomic E-state index is 6.48. The Balaban J connectivity index is 1.72. The molecule has 7 heteroatoms. The maximum Gasteiger partial charge on any atom is 0.179 e. The van der Waals surface area contributed by atoms with Gasteiger partial charge < -0.3 is 15.0 Å². The van der Waals surface area contributed by atoms with Crippen molar-refractivity contribution in [2.45, 2.75) is 19.4 Å². The third-order valence-corrected chi connectivity index (χ3v) is 5.03. The molecule has 0 amide bonds. The molecular formula is C23H26N6O. The summed E-state index contributed by atoms with van der Waals surface area (Å²) in [6.45, 7) is 2.13. The van der Waals surface area contributed by atoms with E-state index in [9.17, 15) is 0 Å². The number of para-hydroxylation sites is 2. The van der Waals surface area contributed by atoms with Gasteiger partial charge in [-0.25, -0.2) is 4.68 Å². The van der Waals surface area contributed by atoms with Crippen LogP contribution in [0.1, 0.15) is 25.0 Å². The van der Waals surface area contributed by atoms with Gasteiger partial charge >= 0.3 is 0 Å². The van der Waals surface area contributed by atoms with Gasteiger partial charge in [-0.15, -0.1) is 5.10 Å². The summed E-state index contributed by atoms with van der Waals surface area (Å²) in [5.41, 5.74) is 3.88. The van der Waals surface area contributed by atoms with Crippen LogP contribution in [0.25, 0.3) is 16.6 Å². The second-order valence-corrected chi connectivity index (χ2v) is 7.30. The van der Waals surface area contributed by atoms with Crippen molar-refractivity contribution in [1.29, 1.82) is 0 Å². The van der Waals surface area contributed by atoms with Gasteiger partial charge in [-0.05, 0) is 36.2 Å². The number of anilines is 2. The van der Waals surface area contributed by atoms with Gasteiger partial charge in [0.05, 0.1) is 6.20 Å². The van der Waals surface area contributed by atoms with Gasteiger partial charge in [0.1, 0.15) is 23.1 Å². The number of fused-ring (bicyclic) bond motifs is 1. The van der Waals surface area contributed by atoms with Gasteiger partial charge in [0.15, 0.2) is 5.82 Å². The molecule has 0 saturated carbocycles. The predicted molar refractivity (Wildman–Crippen MR) is 121 cm³/mol. The summed E-state index contributed by atoms with van der Waals surface area (Å²) < 4.78 is 8.32. The highest BCUT2D eigenvalue weighted by Gasteiger charge is 2.17. The Bertz CT molecular complexity index is 1150. The van der Waals surface area contributed by atoms with Crippen molar-refractivity contribution in [2.75, 3.05) is 31.4 Å². The van der Waals surface area contributed by atoms with Gasteiger partial charge in [0.25, 0.3) is 0 Å². The molecule has 0 aliphatic rings. The quantitative estimate of drug-likeness (QED) is 0.492. The number of ether oxygens (including phenoxy) is 1. The lowest BCUT2D eigenvalue weighted by Gasteiger charge is -2.20. The second-order valence-electron chi connectivity index (χ2n) is 7.30. The van der Waals surface area contributed by atoms with Crippen LogP contribution >= 0.6 is 0 Å². The van der Waals surface area contributed by atoms with Crippen LogP contribution in [0.3, 0.4) is 0 Å². The minimum Gasteiger partial charge on any atom is -0.483 e. The maximum absolute atomic E-state index is 6.48. The Morgan fingerprint density at radius 2 is 1.97 bits per heavy atom. The Kier molecular flexibility index (Phi) is 5.52. The molecule has 4 rings (SSSR count). The zero-order valence-electron chi connectivity index (χ0n) is 17.7. The number of rotatable bonds is 7. The average molecular weight is 403 g/mol. The molecule has 0 radical (unpaired) electrons. The van der Waals surface area contributed by atoms with Crippen molar-refractivity contribution >= 4 is 22.4 Å². The van der Waals surface area contributed by atoms with Crippen molar-refractivity contribution in [2.24, 2.45) is 0 Å². The average Bonchev–Trinajstić information content (AvgIpc) is 3.21. The number of hydrogen-bond acceptors (Lipinski definition) is 6. The largest absolute Gasteiger partial charge is 0.483 e. The van der Waals surface area contributed by atoms with Gasteiger partial charge in [0.2, 0.25) is 0 Å². The first-order valence-corrected chi connectivity index (χ1v) is 10.0. The Morgan fingerprint density at radius 3 is 2.73 bits per heavy atom. The van der Waals surface area contributed by atoms with Crippen molar-refractivity contribution in [3.05, 3.63) is 66.5 Å². The zero-order valence-corrected chi connectivity index (χ0v) is 17.7. The van der Waals surface area contributed by atoms with Gasteiger partial charge in [-0.1, -0.05) is 31.2 Å². The van der Waals surface area contributed by atoms with E-state index in [-0.39, 0.29) is 6.10 Å². The van der Waals surface area contributed by atoms with Crippen LogP contribution in [0.15, 0.2) is 60.9 Å². The van der Waals surface area contributed by atoms with E-state index in [0.717, 1.165) is 45.8 Å². The fourth-order valence-electron chi connectivity index (χ4n) is 3.45. The molecule has 154 valence electrons. The molecule has 2 aromatic carbocycles. The molecule has 7 nitrogen and oxygen atoms in total. The van der Waals surface area contributed by atoms with E-state index in [4.69, 9.17) is 9.84 Å². The predicted octanol–water partition coefficient (Wildman–Crippen LogP) is 4.45. The van der Waals surface area contributed by atoms with Crippen LogP contribution in [-0.4, -0.2) is 41.1 Å². The summed E-state index contributed by atoms with van der Waals surface area (Å²) in [7, 11) is 5.79. The topological polar surface area (TPSA) is 68.1 Å². The molecule has 1 atom stereocenters. The van der Waals surface area contributed by atoms with Crippen molar-refractivity contribution < 1.29 is 4.74 Å². The molecule has 0 saturated heterocycles. The zero-order chi connectivity index (χ0) is 21.1. The summed E-state index contributed by atoms with van der Waals surface area (Å²) >= 11 is 0. The van der Waals surface area contributed by atoms with E-state index in [0.29, 0.717) is 0 Å². The molecule has 2 heterocycles. The van der Waals surface area contributed by atoms with Crippen LogP contribution in [0.2, 0.25) is 0 Å². The van der Waals surface area contributed by atoms with Crippen LogP contribution in [-0.2, 0) is 0 Å². The summed E-state index contributed by atoms with van der Waals surface area (Å²) in [5.74, 6) is 1.51. The van der Waals surface area contributed by atoms with E-state index < -0.39 is 0 Å². The lowest BCUT2D eigenvalue weighted by atomic mass is 10.1. The Labute approximate surface area is 176 Å². The smallest absolute Gasteiger partial charge is 0.179 e.